The predicted octanol–water partition coefficient (Wildman–Crippen LogP) is 1.03. The van der Waals surface area contributed by atoms with Gasteiger partial charge in [0, 0.05) is 25.9 Å². The Bertz CT molecular complexity index is 544. The highest BCUT2D eigenvalue weighted by molar-refractivity contribution is 7.89. The van der Waals surface area contributed by atoms with E-state index >= 15 is 0 Å². The molecule has 0 aliphatic carbocycles. The number of anilines is 2. The topological polar surface area (TPSA) is 98.6 Å². The average molecular weight is 301 g/mol. The van der Waals surface area contributed by atoms with E-state index in [0.29, 0.717) is 19.1 Å². The van der Waals surface area contributed by atoms with Crippen molar-refractivity contribution in [2.75, 3.05) is 37.4 Å². The van der Waals surface area contributed by atoms with Gasteiger partial charge < -0.3 is 15.4 Å². The van der Waals surface area contributed by atoms with Gasteiger partial charge in [0.15, 0.2) is 0 Å². The van der Waals surface area contributed by atoms with Gasteiger partial charge in [-0.2, -0.15) is 0 Å². The summed E-state index contributed by atoms with van der Waals surface area (Å²) in [4.78, 5) is 2.06. The van der Waals surface area contributed by atoms with Crippen LogP contribution < -0.4 is 15.8 Å². The van der Waals surface area contributed by atoms with Crippen molar-refractivity contribution in [3.8, 4) is 0 Å². The number of nitrogens with two attached hydrogens (primary N) is 2. The molecule has 7 heteroatoms. The van der Waals surface area contributed by atoms with Crippen molar-refractivity contribution in [2.24, 2.45) is 11.1 Å². The number of rotatable bonds is 7. The fourth-order valence-corrected chi connectivity index (χ4v) is 2.60. The molecule has 6 nitrogen and oxygen atoms in total. The van der Waals surface area contributed by atoms with Crippen LogP contribution in [0.5, 0.6) is 0 Å². The molecule has 1 aromatic carbocycles. The van der Waals surface area contributed by atoms with Gasteiger partial charge in [-0.1, -0.05) is 13.8 Å². The van der Waals surface area contributed by atoms with Crippen LogP contribution >= 0.6 is 0 Å². The summed E-state index contributed by atoms with van der Waals surface area (Å²) in [5, 5.41) is 5.10. The van der Waals surface area contributed by atoms with Gasteiger partial charge in [0.2, 0.25) is 10.0 Å². The van der Waals surface area contributed by atoms with Gasteiger partial charge >= 0.3 is 0 Å². The smallest absolute Gasteiger partial charge is 0.240 e. The van der Waals surface area contributed by atoms with Gasteiger partial charge in [-0.05, 0) is 24.1 Å². The third-order valence-electron chi connectivity index (χ3n) is 2.82. The number of nitrogens with zero attached hydrogens (tertiary/aromatic N) is 1. The van der Waals surface area contributed by atoms with E-state index in [1.54, 1.807) is 19.2 Å². The zero-order valence-electron chi connectivity index (χ0n) is 12.2. The second kappa shape index (κ2) is 6.92. The van der Waals surface area contributed by atoms with Crippen LogP contribution in [0.25, 0.3) is 0 Å². The predicted molar refractivity (Wildman–Crippen MR) is 81.2 cm³/mol. The molecular weight excluding hydrogens is 278 g/mol. The number of methoxy groups -OCH3 is 1. The maximum atomic E-state index is 11.3. The molecule has 1 aromatic rings. The van der Waals surface area contributed by atoms with E-state index in [4.69, 9.17) is 15.6 Å². The van der Waals surface area contributed by atoms with Crippen LogP contribution in [0.2, 0.25) is 0 Å². The van der Waals surface area contributed by atoms with Crippen molar-refractivity contribution in [3.05, 3.63) is 18.2 Å². The number of ether oxygens (including phenoxy) is 1. The molecule has 0 aliphatic heterocycles. The summed E-state index contributed by atoms with van der Waals surface area (Å²) in [6.45, 7) is 6.35. The van der Waals surface area contributed by atoms with Crippen LogP contribution in [-0.4, -0.2) is 35.2 Å². The largest absolute Gasteiger partial charge is 0.398 e. The lowest BCUT2D eigenvalue weighted by molar-refractivity contribution is 0.204. The Kier molecular flexibility index (Phi) is 5.79. The molecule has 0 fully saturated rings. The Morgan fingerprint density at radius 3 is 2.45 bits per heavy atom. The lowest BCUT2D eigenvalue weighted by Gasteiger charge is -2.27. The first-order chi connectivity index (χ1) is 9.25. The Balaban J connectivity index is 3.06. The quantitative estimate of drug-likeness (QED) is 0.733. The number of primary sulfonamides is 1. The number of hydrogen-bond donors (Lipinski definition) is 2. The van der Waals surface area contributed by atoms with Crippen molar-refractivity contribution in [3.63, 3.8) is 0 Å². The summed E-state index contributed by atoms with van der Waals surface area (Å²) >= 11 is 0. The molecule has 0 saturated heterocycles. The highest BCUT2D eigenvalue weighted by Crippen LogP contribution is 2.24. The molecule has 20 heavy (non-hydrogen) atoms. The molecule has 0 spiro atoms. The van der Waals surface area contributed by atoms with Crippen molar-refractivity contribution < 1.29 is 13.2 Å². The fourth-order valence-electron chi connectivity index (χ4n) is 1.96. The lowest BCUT2D eigenvalue weighted by atomic mass is 10.2. The molecular formula is C13H23N3O3S. The molecule has 4 N–H and O–H groups in total. The van der Waals surface area contributed by atoms with Crippen molar-refractivity contribution >= 4 is 21.4 Å². The second-order valence-corrected chi connectivity index (χ2v) is 6.63. The molecule has 0 unspecified atom stereocenters. The van der Waals surface area contributed by atoms with Crippen LogP contribution in [0, 0.1) is 5.92 Å². The van der Waals surface area contributed by atoms with Gasteiger partial charge in [0.05, 0.1) is 12.3 Å². The standard InChI is InChI=1S/C13H23N3O3S/c1-10(2)9-16(6-7-19-3)11-4-5-13(12(14)8-11)20(15,17)18/h4-5,8,10H,6-7,9,14H2,1-3H3,(H2,15,17,18). The minimum absolute atomic E-state index is 0.0440. The van der Waals surface area contributed by atoms with E-state index in [2.05, 4.69) is 18.7 Å². The summed E-state index contributed by atoms with van der Waals surface area (Å²) < 4.78 is 27.8. The summed E-state index contributed by atoms with van der Waals surface area (Å²) in [6, 6.07) is 4.80. The van der Waals surface area contributed by atoms with Gasteiger partial charge in [-0.3, -0.25) is 0 Å². The second-order valence-electron chi connectivity index (χ2n) is 5.10. The summed E-state index contributed by atoms with van der Waals surface area (Å²) in [5.74, 6) is 0.464. The monoisotopic (exact) mass is 301 g/mol. The lowest BCUT2D eigenvalue weighted by Crippen LogP contribution is -2.31. The van der Waals surface area contributed by atoms with Crippen LogP contribution in [-0.2, 0) is 14.8 Å². The average Bonchev–Trinajstić information content (AvgIpc) is 2.32. The number of nitrogen functional groups attached to an aromatic ring is 1. The minimum Gasteiger partial charge on any atom is -0.398 e. The van der Waals surface area contributed by atoms with Crippen molar-refractivity contribution in [1.29, 1.82) is 0 Å². The molecule has 0 aliphatic rings. The van der Waals surface area contributed by atoms with E-state index in [0.717, 1.165) is 12.2 Å². The molecule has 1 rings (SSSR count). The Hall–Kier alpha value is -1.31. The van der Waals surface area contributed by atoms with Gasteiger partial charge in [-0.25, -0.2) is 13.6 Å². The summed E-state index contributed by atoms with van der Waals surface area (Å²) in [5.41, 5.74) is 6.81. The summed E-state index contributed by atoms with van der Waals surface area (Å²) in [7, 11) is -2.14. The maximum Gasteiger partial charge on any atom is 0.240 e. The first kappa shape index (κ1) is 16.7. The molecule has 0 amide bonds. The molecule has 0 aromatic heterocycles. The van der Waals surface area contributed by atoms with E-state index in [-0.39, 0.29) is 10.6 Å². The highest BCUT2D eigenvalue weighted by atomic mass is 32.2. The van der Waals surface area contributed by atoms with Gasteiger partial charge in [0.25, 0.3) is 0 Å². The molecule has 0 radical (unpaired) electrons. The Morgan fingerprint density at radius 2 is 2.00 bits per heavy atom. The number of hydrogen-bond acceptors (Lipinski definition) is 5. The normalized spacial score (nSPS) is 11.8. The molecule has 114 valence electrons. The van der Waals surface area contributed by atoms with Crippen LogP contribution in [0.1, 0.15) is 13.8 Å². The van der Waals surface area contributed by atoms with Crippen LogP contribution in [0.4, 0.5) is 11.4 Å². The zero-order chi connectivity index (χ0) is 15.3. The third kappa shape index (κ3) is 4.66. The zero-order valence-corrected chi connectivity index (χ0v) is 13.0. The Labute approximate surface area is 120 Å². The number of benzene rings is 1. The van der Waals surface area contributed by atoms with Crippen LogP contribution in [0.15, 0.2) is 23.1 Å². The highest BCUT2D eigenvalue weighted by Gasteiger charge is 2.15. The number of sulfonamides is 1. The molecule has 0 atom stereocenters. The maximum absolute atomic E-state index is 11.3. The molecule has 0 saturated carbocycles. The SMILES string of the molecule is COCCN(CC(C)C)c1ccc(S(N)(=O)=O)c(N)c1. The third-order valence-corrected chi connectivity index (χ3v) is 3.80. The van der Waals surface area contributed by atoms with Gasteiger partial charge in [0.1, 0.15) is 4.90 Å². The molecule has 0 bridgehead atoms. The minimum atomic E-state index is -3.78. The first-order valence-electron chi connectivity index (χ1n) is 6.42. The van der Waals surface area contributed by atoms with Crippen molar-refractivity contribution in [1.82, 2.24) is 0 Å². The van der Waals surface area contributed by atoms with E-state index in [1.165, 1.54) is 6.07 Å². The van der Waals surface area contributed by atoms with E-state index < -0.39 is 10.0 Å². The summed E-state index contributed by atoms with van der Waals surface area (Å²) in [6.07, 6.45) is 0. The fraction of sp³-hybridized carbons (Fsp3) is 0.538. The molecule has 0 heterocycles. The van der Waals surface area contributed by atoms with Gasteiger partial charge in [-0.15, -0.1) is 0 Å². The van der Waals surface area contributed by atoms with E-state index in [1.807, 2.05) is 0 Å². The Morgan fingerprint density at radius 1 is 1.35 bits per heavy atom. The van der Waals surface area contributed by atoms with Crippen molar-refractivity contribution in [2.45, 2.75) is 18.7 Å². The van der Waals surface area contributed by atoms with Crippen LogP contribution in [0.3, 0.4) is 0 Å². The van der Waals surface area contributed by atoms with E-state index in [9.17, 15) is 8.42 Å². The first-order valence-corrected chi connectivity index (χ1v) is 7.96.